The maximum absolute atomic E-state index is 10.1. The van der Waals surface area contributed by atoms with Crippen LogP contribution >= 0.6 is 0 Å². The summed E-state index contributed by atoms with van der Waals surface area (Å²) in [7, 11) is 0. The zero-order chi connectivity index (χ0) is 13.6. The Morgan fingerprint density at radius 2 is 2.32 bits per heavy atom. The monoisotopic (exact) mass is 261 g/mol. The van der Waals surface area contributed by atoms with Crippen molar-refractivity contribution in [3.8, 4) is 18.1 Å². The number of terminal acetylenes is 1. The molecule has 1 aliphatic heterocycles. The first-order valence-corrected chi connectivity index (χ1v) is 6.38. The lowest BCUT2D eigenvalue weighted by molar-refractivity contribution is 0.0268. The molecule has 1 fully saturated rings. The lowest BCUT2D eigenvalue weighted by Gasteiger charge is -2.21. The third-order valence-corrected chi connectivity index (χ3v) is 3.14. The summed E-state index contributed by atoms with van der Waals surface area (Å²) in [5.74, 6) is 3.23. The highest BCUT2D eigenvalue weighted by Crippen LogP contribution is 2.19. The Morgan fingerprint density at radius 1 is 1.47 bits per heavy atom. The van der Waals surface area contributed by atoms with Gasteiger partial charge in [0.25, 0.3) is 0 Å². The molecule has 0 spiro atoms. The minimum atomic E-state index is -0.741. The van der Waals surface area contributed by atoms with Gasteiger partial charge in [0.05, 0.1) is 6.61 Å². The first kappa shape index (κ1) is 13.9. The number of aliphatic hydroxyl groups is 1. The molecule has 0 amide bonds. The van der Waals surface area contributed by atoms with Gasteiger partial charge in [-0.05, 0) is 6.07 Å². The van der Waals surface area contributed by atoms with E-state index in [0.717, 1.165) is 11.3 Å². The van der Waals surface area contributed by atoms with Crippen LogP contribution in [0.1, 0.15) is 12.0 Å². The van der Waals surface area contributed by atoms with Crippen LogP contribution in [0.15, 0.2) is 24.3 Å². The van der Waals surface area contributed by atoms with Gasteiger partial charge < -0.3 is 19.9 Å². The van der Waals surface area contributed by atoms with Crippen molar-refractivity contribution in [2.24, 2.45) is 0 Å². The van der Waals surface area contributed by atoms with Gasteiger partial charge in [-0.3, -0.25) is 0 Å². The van der Waals surface area contributed by atoms with E-state index in [9.17, 15) is 5.11 Å². The molecule has 0 aromatic heterocycles. The number of rotatable bonds is 6. The van der Waals surface area contributed by atoms with Gasteiger partial charge in [0.1, 0.15) is 18.0 Å². The van der Waals surface area contributed by atoms with E-state index in [0.29, 0.717) is 32.7 Å². The van der Waals surface area contributed by atoms with Crippen LogP contribution in [0.5, 0.6) is 5.75 Å². The van der Waals surface area contributed by atoms with Crippen molar-refractivity contribution >= 4 is 0 Å². The molecule has 0 radical (unpaired) electrons. The SMILES string of the molecule is C#CCOc1ccccc1CNCC1(O)CCOC1. The Bertz CT molecular complexity index is 447. The Balaban J connectivity index is 1.87. The third kappa shape index (κ3) is 3.97. The van der Waals surface area contributed by atoms with Crippen LogP contribution in [0.4, 0.5) is 0 Å². The number of hydrogen-bond donors (Lipinski definition) is 2. The second-order valence-electron chi connectivity index (χ2n) is 4.73. The molecule has 1 aromatic rings. The second-order valence-corrected chi connectivity index (χ2v) is 4.73. The molecular weight excluding hydrogens is 242 g/mol. The van der Waals surface area contributed by atoms with Gasteiger partial charge in [-0.15, -0.1) is 6.42 Å². The molecule has 4 nitrogen and oxygen atoms in total. The van der Waals surface area contributed by atoms with Crippen molar-refractivity contribution in [2.75, 3.05) is 26.4 Å². The molecule has 1 aliphatic rings. The number of ether oxygens (including phenoxy) is 2. The predicted molar refractivity (Wildman–Crippen MR) is 72.9 cm³/mol. The lowest BCUT2D eigenvalue weighted by Crippen LogP contribution is -2.40. The van der Waals surface area contributed by atoms with Crippen molar-refractivity contribution in [2.45, 2.75) is 18.6 Å². The predicted octanol–water partition coefficient (Wildman–Crippen LogP) is 0.940. The number of benzene rings is 1. The summed E-state index contributed by atoms with van der Waals surface area (Å²) < 4.78 is 10.7. The van der Waals surface area contributed by atoms with E-state index >= 15 is 0 Å². The zero-order valence-electron chi connectivity index (χ0n) is 10.9. The summed E-state index contributed by atoms with van der Waals surface area (Å²) in [5.41, 5.74) is 0.287. The average Bonchev–Trinajstić information content (AvgIpc) is 2.85. The summed E-state index contributed by atoms with van der Waals surface area (Å²) in [6, 6.07) is 7.73. The van der Waals surface area contributed by atoms with Crippen molar-refractivity contribution < 1.29 is 14.6 Å². The van der Waals surface area contributed by atoms with Crippen molar-refractivity contribution in [1.29, 1.82) is 0 Å². The van der Waals surface area contributed by atoms with Gasteiger partial charge in [-0.25, -0.2) is 0 Å². The fraction of sp³-hybridized carbons (Fsp3) is 0.467. The summed E-state index contributed by atoms with van der Waals surface area (Å²) >= 11 is 0. The molecule has 19 heavy (non-hydrogen) atoms. The van der Waals surface area contributed by atoms with Crippen molar-refractivity contribution in [1.82, 2.24) is 5.32 Å². The fourth-order valence-corrected chi connectivity index (χ4v) is 2.08. The van der Waals surface area contributed by atoms with Crippen LogP contribution in [0.25, 0.3) is 0 Å². The first-order chi connectivity index (χ1) is 9.23. The Kier molecular flexibility index (Phi) is 4.80. The highest BCUT2D eigenvalue weighted by atomic mass is 16.5. The minimum Gasteiger partial charge on any atom is -0.481 e. The number of hydrogen-bond acceptors (Lipinski definition) is 4. The van der Waals surface area contributed by atoms with Gasteiger partial charge in [-0.1, -0.05) is 24.1 Å². The molecule has 0 aliphatic carbocycles. The summed E-state index contributed by atoms with van der Waals surface area (Å²) in [6.07, 6.45) is 5.86. The van der Waals surface area contributed by atoms with Gasteiger partial charge in [0.2, 0.25) is 0 Å². The molecule has 0 saturated carbocycles. The molecule has 102 valence electrons. The molecule has 0 bridgehead atoms. The van der Waals surface area contributed by atoms with Crippen LogP contribution in [-0.4, -0.2) is 37.1 Å². The fourth-order valence-electron chi connectivity index (χ4n) is 2.08. The van der Waals surface area contributed by atoms with E-state index in [4.69, 9.17) is 15.9 Å². The Labute approximate surface area is 113 Å². The molecule has 2 rings (SSSR count). The molecular formula is C15H19NO3. The van der Waals surface area contributed by atoms with Gasteiger partial charge >= 0.3 is 0 Å². The average molecular weight is 261 g/mol. The highest BCUT2D eigenvalue weighted by molar-refractivity contribution is 5.33. The maximum atomic E-state index is 10.1. The quantitative estimate of drug-likeness (QED) is 0.748. The van der Waals surface area contributed by atoms with Crippen LogP contribution in [0.2, 0.25) is 0 Å². The van der Waals surface area contributed by atoms with Crippen LogP contribution in [0.3, 0.4) is 0 Å². The van der Waals surface area contributed by atoms with Gasteiger partial charge in [-0.2, -0.15) is 0 Å². The van der Waals surface area contributed by atoms with E-state index in [1.807, 2.05) is 24.3 Å². The lowest BCUT2D eigenvalue weighted by atomic mass is 10.0. The molecule has 4 heteroatoms. The largest absolute Gasteiger partial charge is 0.481 e. The van der Waals surface area contributed by atoms with Crippen LogP contribution in [0, 0.1) is 12.3 Å². The number of para-hydroxylation sites is 1. The van der Waals surface area contributed by atoms with Crippen LogP contribution < -0.4 is 10.1 Å². The molecule has 1 atom stereocenters. The van der Waals surface area contributed by atoms with Gasteiger partial charge in [0.15, 0.2) is 0 Å². The van der Waals surface area contributed by atoms with Gasteiger partial charge in [0, 0.05) is 31.7 Å². The second kappa shape index (κ2) is 6.58. The maximum Gasteiger partial charge on any atom is 0.148 e. The summed E-state index contributed by atoms with van der Waals surface area (Å²) in [6.45, 7) is 2.42. The van der Waals surface area contributed by atoms with Crippen molar-refractivity contribution in [3.63, 3.8) is 0 Å². The standard InChI is InChI=1S/C15H19NO3/c1-2-8-19-14-6-4-3-5-13(14)10-16-11-15(17)7-9-18-12-15/h1,3-6,16-17H,7-12H2. The zero-order valence-corrected chi connectivity index (χ0v) is 10.9. The normalized spacial score (nSPS) is 22.1. The van der Waals surface area contributed by atoms with E-state index in [1.165, 1.54) is 0 Å². The molecule has 1 saturated heterocycles. The summed E-state index contributed by atoms with van der Waals surface area (Å²) in [5, 5.41) is 13.4. The Hall–Kier alpha value is -1.54. The molecule has 1 unspecified atom stereocenters. The molecule has 2 N–H and O–H groups in total. The summed E-state index contributed by atoms with van der Waals surface area (Å²) in [4.78, 5) is 0. The third-order valence-electron chi connectivity index (χ3n) is 3.14. The molecule has 1 heterocycles. The van der Waals surface area contributed by atoms with E-state index in [2.05, 4.69) is 11.2 Å². The highest BCUT2D eigenvalue weighted by Gasteiger charge is 2.31. The molecule has 1 aromatic carbocycles. The van der Waals surface area contributed by atoms with E-state index < -0.39 is 5.60 Å². The van der Waals surface area contributed by atoms with E-state index in [-0.39, 0.29) is 6.61 Å². The number of nitrogens with one attached hydrogen (secondary N) is 1. The van der Waals surface area contributed by atoms with Crippen molar-refractivity contribution in [3.05, 3.63) is 29.8 Å². The Morgan fingerprint density at radius 3 is 3.05 bits per heavy atom. The smallest absolute Gasteiger partial charge is 0.148 e. The minimum absolute atomic E-state index is 0.259. The van der Waals surface area contributed by atoms with Crippen LogP contribution in [-0.2, 0) is 11.3 Å². The topological polar surface area (TPSA) is 50.7 Å². The first-order valence-electron chi connectivity index (χ1n) is 6.38. The van der Waals surface area contributed by atoms with E-state index in [1.54, 1.807) is 0 Å².